The molecular weight excluding hydrogens is 264 g/mol. The van der Waals surface area contributed by atoms with Gasteiger partial charge in [0, 0.05) is 12.3 Å². The van der Waals surface area contributed by atoms with Crippen molar-refractivity contribution in [1.29, 1.82) is 0 Å². The molecule has 1 heterocycles. The van der Waals surface area contributed by atoms with Crippen LogP contribution in [-0.4, -0.2) is 27.7 Å². The minimum Gasteiger partial charge on any atom is -0.373 e. The molecule has 1 aliphatic rings. The standard InChI is InChI=1S/C14H16O4S/c1-3-4-12(14-10-17-14)9-18-19(15,16)13-7-5-11(2)6-8-13/h1,5-8,12,14H,4,9-10H2,2H3. The molecule has 5 heteroatoms. The summed E-state index contributed by atoms with van der Waals surface area (Å²) >= 11 is 0. The smallest absolute Gasteiger partial charge is 0.296 e. The highest BCUT2D eigenvalue weighted by molar-refractivity contribution is 7.86. The maximum Gasteiger partial charge on any atom is 0.296 e. The Balaban J connectivity index is 2.01. The average Bonchev–Trinajstić information content (AvgIpc) is 3.19. The lowest BCUT2D eigenvalue weighted by molar-refractivity contribution is 0.218. The van der Waals surface area contributed by atoms with E-state index in [1.807, 2.05) is 6.92 Å². The van der Waals surface area contributed by atoms with Crippen molar-refractivity contribution < 1.29 is 17.3 Å². The monoisotopic (exact) mass is 280 g/mol. The van der Waals surface area contributed by atoms with Crippen molar-refractivity contribution in [2.45, 2.75) is 24.3 Å². The molecular formula is C14H16O4S. The van der Waals surface area contributed by atoms with Gasteiger partial charge in [-0.2, -0.15) is 8.42 Å². The van der Waals surface area contributed by atoms with Gasteiger partial charge in [-0.05, 0) is 19.1 Å². The average molecular weight is 280 g/mol. The maximum atomic E-state index is 12.0. The highest BCUT2D eigenvalue weighted by Gasteiger charge is 2.33. The molecule has 1 fully saturated rings. The second kappa shape index (κ2) is 5.74. The van der Waals surface area contributed by atoms with Crippen LogP contribution in [0.15, 0.2) is 29.2 Å². The number of ether oxygens (including phenoxy) is 1. The van der Waals surface area contributed by atoms with Gasteiger partial charge in [0.15, 0.2) is 0 Å². The lowest BCUT2D eigenvalue weighted by Gasteiger charge is -2.12. The van der Waals surface area contributed by atoms with Gasteiger partial charge >= 0.3 is 0 Å². The summed E-state index contributed by atoms with van der Waals surface area (Å²) < 4.78 is 34.2. The molecule has 0 radical (unpaired) electrons. The van der Waals surface area contributed by atoms with Crippen molar-refractivity contribution in [1.82, 2.24) is 0 Å². The zero-order chi connectivity index (χ0) is 13.9. The number of terminal acetylenes is 1. The van der Waals surface area contributed by atoms with E-state index < -0.39 is 10.1 Å². The highest BCUT2D eigenvalue weighted by atomic mass is 32.2. The van der Waals surface area contributed by atoms with Crippen molar-refractivity contribution in [3.63, 3.8) is 0 Å². The molecule has 2 atom stereocenters. The summed E-state index contributed by atoms with van der Waals surface area (Å²) in [5, 5.41) is 0. The van der Waals surface area contributed by atoms with Crippen LogP contribution in [-0.2, 0) is 19.0 Å². The molecule has 19 heavy (non-hydrogen) atoms. The first-order chi connectivity index (χ1) is 9.03. The van der Waals surface area contributed by atoms with E-state index in [9.17, 15) is 8.42 Å². The topological polar surface area (TPSA) is 55.9 Å². The molecule has 2 unspecified atom stereocenters. The molecule has 1 aromatic rings. The number of rotatable bonds is 6. The number of epoxide rings is 1. The molecule has 2 rings (SSSR count). The third kappa shape index (κ3) is 3.80. The molecule has 1 aliphatic heterocycles. The maximum absolute atomic E-state index is 12.0. The fraction of sp³-hybridized carbons (Fsp3) is 0.429. The van der Waals surface area contributed by atoms with Crippen molar-refractivity contribution in [2.24, 2.45) is 5.92 Å². The fourth-order valence-corrected chi connectivity index (χ4v) is 2.69. The Hall–Kier alpha value is -1.35. The van der Waals surface area contributed by atoms with Crippen LogP contribution in [0.2, 0.25) is 0 Å². The second-order valence-electron chi connectivity index (χ2n) is 4.59. The molecule has 1 saturated heterocycles. The highest BCUT2D eigenvalue weighted by Crippen LogP contribution is 2.24. The van der Waals surface area contributed by atoms with E-state index in [1.54, 1.807) is 12.1 Å². The zero-order valence-electron chi connectivity index (χ0n) is 10.7. The number of hydrogen-bond donors (Lipinski definition) is 0. The predicted octanol–water partition coefficient (Wildman–Crippen LogP) is 1.74. The van der Waals surface area contributed by atoms with Gasteiger partial charge in [-0.1, -0.05) is 17.7 Å². The van der Waals surface area contributed by atoms with Crippen molar-refractivity contribution in [3.05, 3.63) is 29.8 Å². The Morgan fingerprint density at radius 2 is 2.11 bits per heavy atom. The first-order valence-corrected chi connectivity index (χ1v) is 7.45. The Morgan fingerprint density at radius 1 is 1.47 bits per heavy atom. The normalized spacial score (nSPS) is 19.7. The van der Waals surface area contributed by atoms with Gasteiger partial charge in [-0.3, -0.25) is 4.18 Å². The van der Waals surface area contributed by atoms with Crippen LogP contribution in [0, 0.1) is 25.2 Å². The lowest BCUT2D eigenvalue weighted by Crippen LogP contribution is -2.19. The van der Waals surface area contributed by atoms with E-state index >= 15 is 0 Å². The van der Waals surface area contributed by atoms with Crippen molar-refractivity contribution in [3.8, 4) is 12.3 Å². The second-order valence-corrected chi connectivity index (χ2v) is 6.21. The van der Waals surface area contributed by atoms with E-state index in [0.29, 0.717) is 13.0 Å². The van der Waals surface area contributed by atoms with E-state index in [4.69, 9.17) is 15.3 Å². The molecule has 0 N–H and O–H groups in total. The van der Waals surface area contributed by atoms with Crippen LogP contribution in [0.5, 0.6) is 0 Å². The third-order valence-electron chi connectivity index (χ3n) is 3.01. The number of hydrogen-bond acceptors (Lipinski definition) is 4. The molecule has 0 spiro atoms. The third-order valence-corrected chi connectivity index (χ3v) is 4.31. The van der Waals surface area contributed by atoms with Crippen LogP contribution in [0.25, 0.3) is 0 Å². The summed E-state index contributed by atoms with van der Waals surface area (Å²) in [6.07, 6.45) is 5.74. The number of benzene rings is 1. The Bertz CT molecular complexity index is 564. The zero-order valence-corrected chi connectivity index (χ0v) is 11.5. The van der Waals surface area contributed by atoms with Gasteiger partial charge in [-0.15, -0.1) is 12.3 Å². The SMILES string of the molecule is C#CCC(COS(=O)(=O)c1ccc(C)cc1)C1CO1. The summed E-state index contributed by atoms with van der Waals surface area (Å²) in [6.45, 7) is 2.58. The van der Waals surface area contributed by atoms with Crippen LogP contribution >= 0.6 is 0 Å². The van der Waals surface area contributed by atoms with Gasteiger partial charge in [0.25, 0.3) is 10.1 Å². The van der Waals surface area contributed by atoms with Crippen LogP contribution in [0.3, 0.4) is 0 Å². The van der Waals surface area contributed by atoms with Gasteiger partial charge in [-0.25, -0.2) is 0 Å². The van der Waals surface area contributed by atoms with E-state index in [2.05, 4.69) is 5.92 Å². The molecule has 4 nitrogen and oxygen atoms in total. The molecule has 0 aromatic heterocycles. The van der Waals surface area contributed by atoms with Gasteiger partial charge in [0.2, 0.25) is 0 Å². The molecule has 0 bridgehead atoms. The quantitative estimate of drug-likeness (QED) is 0.452. The van der Waals surface area contributed by atoms with E-state index in [1.165, 1.54) is 12.1 Å². The van der Waals surface area contributed by atoms with Gasteiger partial charge < -0.3 is 4.74 Å². The summed E-state index contributed by atoms with van der Waals surface area (Å²) in [5.41, 5.74) is 0.996. The molecule has 0 aliphatic carbocycles. The van der Waals surface area contributed by atoms with E-state index in [-0.39, 0.29) is 23.5 Å². The molecule has 1 aromatic carbocycles. The summed E-state index contributed by atoms with van der Waals surface area (Å²) in [6, 6.07) is 6.54. The number of aryl methyl sites for hydroxylation is 1. The first kappa shape index (κ1) is 14.1. The predicted molar refractivity (Wildman–Crippen MR) is 71.0 cm³/mol. The minimum absolute atomic E-state index is 0.0317. The van der Waals surface area contributed by atoms with E-state index in [0.717, 1.165) is 5.56 Å². The lowest BCUT2D eigenvalue weighted by atomic mass is 10.0. The van der Waals surface area contributed by atoms with Gasteiger partial charge in [0.05, 0.1) is 24.2 Å². The van der Waals surface area contributed by atoms with Crippen LogP contribution < -0.4 is 0 Å². The summed E-state index contributed by atoms with van der Waals surface area (Å²) in [5.74, 6) is 2.45. The fourth-order valence-electron chi connectivity index (χ4n) is 1.73. The molecule has 0 amide bonds. The Morgan fingerprint density at radius 3 is 2.63 bits per heavy atom. The van der Waals surface area contributed by atoms with Crippen LogP contribution in [0.4, 0.5) is 0 Å². The Kier molecular flexibility index (Phi) is 4.25. The summed E-state index contributed by atoms with van der Waals surface area (Å²) in [7, 11) is -3.72. The van der Waals surface area contributed by atoms with Crippen LogP contribution in [0.1, 0.15) is 12.0 Å². The summed E-state index contributed by atoms with van der Waals surface area (Å²) in [4.78, 5) is 0.161. The van der Waals surface area contributed by atoms with Crippen molar-refractivity contribution in [2.75, 3.05) is 13.2 Å². The van der Waals surface area contributed by atoms with Crippen molar-refractivity contribution >= 4 is 10.1 Å². The first-order valence-electron chi connectivity index (χ1n) is 6.04. The Labute approximate surface area is 113 Å². The molecule has 102 valence electrons. The van der Waals surface area contributed by atoms with Gasteiger partial charge in [0.1, 0.15) is 0 Å². The molecule has 0 saturated carbocycles. The largest absolute Gasteiger partial charge is 0.373 e. The minimum atomic E-state index is -3.72.